The molecule has 0 aliphatic heterocycles. The number of hydrogen-bond donors (Lipinski definition) is 0. The fourth-order valence-corrected chi connectivity index (χ4v) is 4.09. The lowest BCUT2D eigenvalue weighted by Gasteiger charge is -2.06. The van der Waals surface area contributed by atoms with Crippen LogP contribution >= 0.6 is 11.3 Å². The summed E-state index contributed by atoms with van der Waals surface area (Å²) < 4.78 is 13.7. The minimum absolute atomic E-state index is 0.311. The zero-order valence-electron chi connectivity index (χ0n) is 15.4. The molecule has 1 amide bonds. The van der Waals surface area contributed by atoms with Crippen molar-refractivity contribution in [3.8, 4) is 11.5 Å². The number of para-hydroxylation sites is 1. The first-order valence-corrected chi connectivity index (χ1v) is 9.36. The Hall–Kier alpha value is -2.60. The van der Waals surface area contributed by atoms with E-state index in [2.05, 4.69) is 41.6 Å². The summed E-state index contributed by atoms with van der Waals surface area (Å²) in [7, 11) is 3.12. The molecule has 0 saturated carbocycles. The van der Waals surface area contributed by atoms with Gasteiger partial charge in [-0.05, 0) is 37.1 Å². The van der Waals surface area contributed by atoms with Crippen molar-refractivity contribution in [2.75, 3.05) is 14.2 Å². The van der Waals surface area contributed by atoms with Gasteiger partial charge in [0.2, 0.25) is 0 Å². The summed E-state index contributed by atoms with van der Waals surface area (Å²) in [6.45, 7) is 4.96. The van der Waals surface area contributed by atoms with E-state index in [1.165, 1.54) is 16.9 Å². The number of aromatic nitrogens is 1. The molecule has 0 atom stereocenters. The number of thiazole rings is 1. The number of amides is 1. The van der Waals surface area contributed by atoms with Crippen molar-refractivity contribution < 1.29 is 14.3 Å². The number of hydrogen-bond acceptors (Lipinski definition) is 4. The molecule has 0 spiro atoms. The number of rotatable bonds is 5. The summed E-state index contributed by atoms with van der Waals surface area (Å²) in [6, 6.07) is 11.3. The molecule has 5 nitrogen and oxygen atoms in total. The Bertz CT molecular complexity index is 995. The van der Waals surface area contributed by atoms with Crippen LogP contribution in [-0.4, -0.2) is 24.7 Å². The SMILES string of the molecule is CCc1cccc2sc(=NC(=O)c3cc(OC)cc(OC)c3)n(CC)c12. The maximum Gasteiger partial charge on any atom is 0.279 e. The van der Waals surface area contributed by atoms with Crippen molar-refractivity contribution in [2.24, 2.45) is 4.99 Å². The Morgan fingerprint density at radius 1 is 1.12 bits per heavy atom. The van der Waals surface area contributed by atoms with E-state index in [1.54, 1.807) is 32.4 Å². The van der Waals surface area contributed by atoms with Gasteiger partial charge in [0.05, 0.1) is 24.4 Å². The standard InChI is InChI=1S/C20H22N2O3S/c1-5-13-8-7-9-17-18(13)22(6-2)20(26-17)21-19(23)14-10-15(24-3)12-16(11-14)25-4/h7-12H,5-6H2,1-4H3. The Kier molecular flexibility index (Phi) is 5.42. The maximum absolute atomic E-state index is 12.8. The van der Waals surface area contributed by atoms with Crippen LogP contribution in [0.2, 0.25) is 0 Å². The summed E-state index contributed by atoms with van der Waals surface area (Å²) in [5.74, 6) is 0.820. The molecule has 0 aliphatic carbocycles. The summed E-state index contributed by atoms with van der Waals surface area (Å²) in [5.41, 5.74) is 2.87. The van der Waals surface area contributed by atoms with E-state index in [4.69, 9.17) is 9.47 Å². The Labute approximate surface area is 156 Å². The third-order valence-electron chi connectivity index (χ3n) is 4.28. The fourth-order valence-electron chi connectivity index (χ4n) is 2.95. The molecule has 6 heteroatoms. The highest BCUT2D eigenvalue weighted by molar-refractivity contribution is 7.16. The van der Waals surface area contributed by atoms with Crippen LogP contribution in [0.1, 0.15) is 29.8 Å². The van der Waals surface area contributed by atoms with Crippen LogP contribution in [-0.2, 0) is 13.0 Å². The summed E-state index contributed by atoms with van der Waals surface area (Å²) >= 11 is 1.53. The smallest absolute Gasteiger partial charge is 0.279 e. The third kappa shape index (κ3) is 3.37. The fraction of sp³-hybridized carbons (Fsp3) is 0.300. The van der Waals surface area contributed by atoms with Crippen molar-refractivity contribution in [1.29, 1.82) is 0 Å². The highest BCUT2D eigenvalue weighted by atomic mass is 32.1. The first-order chi connectivity index (χ1) is 12.6. The van der Waals surface area contributed by atoms with Gasteiger partial charge in [0, 0.05) is 18.2 Å². The van der Waals surface area contributed by atoms with E-state index >= 15 is 0 Å². The molecule has 0 unspecified atom stereocenters. The van der Waals surface area contributed by atoms with Crippen molar-refractivity contribution >= 4 is 27.5 Å². The Balaban J connectivity index is 2.14. The first-order valence-electron chi connectivity index (χ1n) is 8.54. The van der Waals surface area contributed by atoms with Crippen molar-refractivity contribution in [3.63, 3.8) is 0 Å². The van der Waals surface area contributed by atoms with Gasteiger partial charge in [0.1, 0.15) is 11.5 Å². The van der Waals surface area contributed by atoms with Crippen LogP contribution < -0.4 is 14.3 Å². The number of benzene rings is 2. The van der Waals surface area contributed by atoms with E-state index in [-0.39, 0.29) is 5.91 Å². The number of nitrogens with zero attached hydrogens (tertiary/aromatic N) is 2. The molecule has 2 aromatic carbocycles. The van der Waals surface area contributed by atoms with Gasteiger partial charge >= 0.3 is 0 Å². The van der Waals surface area contributed by atoms with E-state index in [0.29, 0.717) is 21.9 Å². The van der Waals surface area contributed by atoms with Crippen molar-refractivity contribution in [3.05, 3.63) is 52.3 Å². The molecule has 0 saturated heterocycles. The van der Waals surface area contributed by atoms with Gasteiger partial charge in [0.15, 0.2) is 4.80 Å². The normalized spacial score (nSPS) is 11.8. The van der Waals surface area contributed by atoms with Crippen molar-refractivity contribution in [2.45, 2.75) is 26.8 Å². The lowest BCUT2D eigenvalue weighted by molar-refractivity contribution is 0.0997. The molecule has 0 bridgehead atoms. The first kappa shape index (κ1) is 18.2. The minimum Gasteiger partial charge on any atom is -0.497 e. The van der Waals surface area contributed by atoms with Crippen LogP contribution in [0.4, 0.5) is 0 Å². The van der Waals surface area contributed by atoms with Gasteiger partial charge in [-0.15, -0.1) is 0 Å². The highest BCUT2D eigenvalue weighted by Crippen LogP contribution is 2.24. The average molecular weight is 370 g/mol. The van der Waals surface area contributed by atoms with Gasteiger partial charge in [-0.3, -0.25) is 4.79 Å². The lowest BCUT2D eigenvalue weighted by atomic mass is 10.1. The number of methoxy groups -OCH3 is 2. The van der Waals surface area contributed by atoms with Gasteiger partial charge in [-0.1, -0.05) is 30.4 Å². The zero-order chi connectivity index (χ0) is 18.7. The second-order valence-electron chi connectivity index (χ2n) is 5.76. The van der Waals surface area contributed by atoms with Crippen LogP contribution in [0.5, 0.6) is 11.5 Å². The third-order valence-corrected chi connectivity index (χ3v) is 5.32. The van der Waals surface area contributed by atoms with E-state index in [0.717, 1.165) is 23.2 Å². The predicted molar refractivity (Wildman–Crippen MR) is 104 cm³/mol. The number of fused-ring (bicyclic) bond motifs is 1. The molecule has 136 valence electrons. The Morgan fingerprint density at radius 3 is 2.38 bits per heavy atom. The van der Waals surface area contributed by atoms with Gasteiger partial charge < -0.3 is 14.0 Å². The van der Waals surface area contributed by atoms with E-state index in [1.807, 2.05) is 0 Å². The second-order valence-corrected chi connectivity index (χ2v) is 6.77. The Morgan fingerprint density at radius 2 is 1.81 bits per heavy atom. The maximum atomic E-state index is 12.8. The molecule has 26 heavy (non-hydrogen) atoms. The quantitative estimate of drug-likeness (QED) is 0.681. The number of aryl methyl sites for hydroxylation is 2. The topological polar surface area (TPSA) is 52.8 Å². The molecule has 3 rings (SSSR count). The number of carbonyl (C=O) groups is 1. The molecule has 3 aromatic rings. The van der Waals surface area contributed by atoms with E-state index in [9.17, 15) is 4.79 Å². The molecule has 1 aromatic heterocycles. The van der Waals surface area contributed by atoms with E-state index < -0.39 is 0 Å². The monoisotopic (exact) mass is 370 g/mol. The van der Waals surface area contributed by atoms with Gasteiger partial charge in [-0.25, -0.2) is 0 Å². The summed E-state index contributed by atoms with van der Waals surface area (Å²) in [4.78, 5) is 17.9. The summed E-state index contributed by atoms with van der Waals surface area (Å²) in [6.07, 6.45) is 0.939. The molecule has 0 radical (unpaired) electrons. The van der Waals surface area contributed by atoms with Crippen molar-refractivity contribution in [1.82, 2.24) is 4.57 Å². The predicted octanol–water partition coefficient (Wildman–Crippen LogP) is 4.04. The molecule has 0 aliphatic rings. The minimum atomic E-state index is -0.311. The molecular formula is C20H22N2O3S. The lowest BCUT2D eigenvalue weighted by Crippen LogP contribution is -2.16. The number of ether oxygens (including phenoxy) is 2. The van der Waals surface area contributed by atoms with Crippen LogP contribution in [0, 0.1) is 0 Å². The second kappa shape index (κ2) is 7.74. The molecule has 1 heterocycles. The molecule has 0 fully saturated rings. The van der Waals surface area contributed by atoms with Gasteiger partial charge in [-0.2, -0.15) is 4.99 Å². The zero-order valence-corrected chi connectivity index (χ0v) is 16.2. The van der Waals surface area contributed by atoms with Crippen LogP contribution in [0.3, 0.4) is 0 Å². The number of carbonyl (C=O) groups excluding carboxylic acids is 1. The van der Waals surface area contributed by atoms with Gasteiger partial charge in [0.25, 0.3) is 5.91 Å². The summed E-state index contributed by atoms with van der Waals surface area (Å²) in [5, 5.41) is 0. The molecular weight excluding hydrogens is 348 g/mol. The van der Waals surface area contributed by atoms with Crippen LogP contribution in [0.15, 0.2) is 41.4 Å². The highest BCUT2D eigenvalue weighted by Gasteiger charge is 2.12. The largest absolute Gasteiger partial charge is 0.497 e. The van der Waals surface area contributed by atoms with Crippen LogP contribution in [0.25, 0.3) is 10.2 Å². The average Bonchev–Trinajstić information content (AvgIpc) is 3.04. The molecule has 0 N–H and O–H groups in total.